The van der Waals surface area contributed by atoms with Crippen molar-refractivity contribution in [3.63, 3.8) is 0 Å². The van der Waals surface area contributed by atoms with Crippen molar-refractivity contribution in [3.05, 3.63) is 35.8 Å². The molecule has 1 atom stereocenters. The predicted octanol–water partition coefficient (Wildman–Crippen LogP) is 2.45. The molecule has 16 heavy (non-hydrogen) atoms. The van der Waals surface area contributed by atoms with Crippen LogP contribution in [0.5, 0.6) is 0 Å². The number of hydrogen-bond acceptors (Lipinski definition) is 1. The largest absolute Gasteiger partial charge is 0.350 e. The van der Waals surface area contributed by atoms with Crippen LogP contribution in [0.25, 0.3) is 10.9 Å². The van der Waals surface area contributed by atoms with Gasteiger partial charge in [0.15, 0.2) is 0 Å². The van der Waals surface area contributed by atoms with Crippen LogP contribution in [-0.4, -0.2) is 11.1 Å². The fraction of sp³-hybridized carbons (Fsp3) is 0.385. The Morgan fingerprint density at radius 1 is 1.44 bits per heavy atom. The molecule has 1 heterocycles. The van der Waals surface area contributed by atoms with E-state index in [1.807, 2.05) is 17.7 Å². The Morgan fingerprint density at radius 3 is 2.88 bits per heavy atom. The van der Waals surface area contributed by atoms with E-state index in [0.717, 1.165) is 17.3 Å². The molecular weight excluding hydrogens is 203 g/mol. The third-order valence-corrected chi connectivity index (χ3v) is 3.00. The second kappa shape index (κ2) is 4.26. The number of benzene rings is 1. The van der Waals surface area contributed by atoms with Crippen molar-refractivity contribution in [2.75, 3.05) is 6.54 Å². The number of halogens is 1. The standard InChI is InChI=1S/C13H17FN2/c1-9(7-15)5-10-8-16(2)13-4-3-11(14)6-12(10)13/h3-4,6,8-9H,5,7,15H2,1-2H3. The van der Waals surface area contributed by atoms with Crippen molar-refractivity contribution in [3.8, 4) is 0 Å². The third kappa shape index (κ3) is 1.95. The molecule has 2 nitrogen and oxygen atoms in total. The van der Waals surface area contributed by atoms with Crippen LogP contribution in [0.1, 0.15) is 12.5 Å². The fourth-order valence-corrected chi connectivity index (χ4v) is 2.07. The summed E-state index contributed by atoms with van der Waals surface area (Å²) >= 11 is 0. The monoisotopic (exact) mass is 220 g/mol. The van der Waals surface area contributed by atoms with Gasteiger partial charge < -0.3 is 10.3 Å². The van der Waals surface area contributed by atoms with Crippen LogP contribution in [0.15, 0.2) is 24.4 Å². The summed E-state index contributed by atoms with van der Waals surface area (Å²) in [5.74, 6) is 0.245. The van der Waals surface area contributed by atoms with Crippen LogP contribution in [0.3, 0.4) is 0 Å². The lowest BCUT2D eigenvalue weighted by Crippen LogP contribution is -2.12. The first kappa shape index (κ1) is 11.1. The molecule has 1 aromatic heterocycles. The Balaban J connectivity index is 2.48. The highest BCUT2D eigenvalue weighted by atomic mass is 19.1. The van der Waals surface area contributed by atoms with Gasteiger partial charge in [-0.1, -0.05) is 6.92 Å². The van der Waals surface area contributed by atoms with E-state index in [-0.39, 0.29) is 5.82 Å². The third-order valence-electron chi connectivity index (χ3n) is 3.00. The molecule has 2 rings (SSSR count). The van der Waals surface area contributed by atoms with Gasteiger partial charge in [0.25, 0.3) is 0 Å². The minimum atomic E-state index is -0.180. The molecule has 0 saturated heterocycles. The van der Waals surface area contributed by atoms with Crippen LogP contribution < -0.4 is 5.73 Å². The van der Waals surface area contributed by atoms with Crippen molar-refractivity contribution >= 4 is 10.9 Å². The lowest BCUT2D eigenvalue weighted by atomic mass is 10.0. The highest BCUT2D eigenvalue weighted by Crippen LogP contribution is 2.23. The predicted molar refractivity (Wildman–Crippen MR) is 64.8 cm³/mol. The molecular formula is C13H17FN2. The van der Waals surface area contributed by atoms with E-state index in [0.29, 0.717) is 12.5 Å². The quantitative estimate of drug-likeness (QED) is 0.846. The Hall–Kier alpha value is -1.35. The molecule has 3 heteroatoms. The first-order valence-corrected chi connectivity index (χ1v) is 5.55. The second-order valence-corrected chi connectivity index (χ2v) is 4.47. The summed E-state index contributed by atoms with van der Waals surface area (Å²) in [5.41, 5.74) is 7.87. The lowest BCUT2D eigenvalue weighted by molar-refractivity contribution is 0.594. The van der Waals surface area contributed by atoms with Crippen molar-refractivity contribution in [1.29, 1.82) is 0 Å². The lowest BCUT2D eigenvalue weighted by Gasteiger charge is -2.06. The Kier molecular flexibility index (Phi) is 2.97. The number of aromatic nitrogens is 1. The number of fused-ring (bicyclic) bond motifs is 1. The molecule has 0 fully saturated rings. The van der Waals surface area contributed by atoms with Crippen LogP contribution in [0.2, 0.25) is 0 Å². The van der Waals surface area contributed by atoms with E-state index in [2.05, 4.69) is 13.1 Å². The minimum Gasteiger partial charge on any atom is -0.350 e. The Bertz CT molecular complexity index is 502. The van der Waals surface area contributed by atoms with Crippen molar-refractivity contribution in [2.45, 2.75) is 13.3 Å². The van der Waals surface area contributed by atoms with E-state index in [9.17, 15) is 4.39 Å². The average Bonchev–Trinajstić information content (AvgIpc) is 2.55. The zero-order chi connectivity index (χ0) is 11.7. The van der Waals surface area contributed by atoms with Crippen LogP contribution in [0, 0.1) is 11.7 Å². The van der Waals surface area contributed by atoms with Gasteiger partial charge in [0.1, 0.15) is 5.82 Å². The number of nitrogens with zero attached hydrogens (tertiary/aromatic N) is 1. The summed E-state index contributed by atoms with van der Waals surface area (Å²) in [7, 11) is 1.98. The summed E-state index contributed by atoms with van der Waals surface area (Å²) in [6, 6.07) is 4.92. The van der Waals surface area contributed by atoms with Gasteiger partial charge in [-0.25, -0.2) is 4.39 Å². The SMILES string of the molecule is CC(CN)Cc1cn(C)c2ccc(F)cc12. The number of hydrogen-bond donors (Lipinski definition) is 1. The van der Waals surface area contributed by atoms with Gasteiger partial charge in [-0.05, 0) is 42.6 Å². The van der Waals surface area contributed by atoms with Gasteiger partial charge >= 0.3 is 0 Å². The summed E-state index contributed by atoms with van der Waals surface area (Å²) < 4.78 is 15.2. The van der Waals surface area contributed by atoms with E-state index in [1.165, 1.54) is 11.6 Å². The van der Waals surface area contributed by atoms with E-state index in [4.69, 9.17) is 5.73 Å². The van der Waals surface area contributed by atoms with E-state index >= 15 is 0 Å². The Labute approximate surface area is 94.9 Å². The van der Waals surface area contributed by atoms with Gasteiger partial charge in [-0.2, -0.15) is 0 Å². The van der Waals surface area contributed by atoms with Gasteiger partial charge in [-0.15, -0.1) is 0 Å². The number of aryl methyl sites for hydroxylation is 1. The van der Waals surface area contributed by atoms with Gasteiger partial charge in [0.2, 0.25) is 0 Å². The highest BCUT2D eigenvalue weighted by molar-refractivity contribution is 5.84. The maximum absolute atomic E-state index is 13.2. The van der Waals surface area contributed by atoms with Gasteiger partial charge in [0, 0.05) is 24.1 Å². The van der Waals surface area contributed by atoms with Crippen LogP contribution in [0.4, 0.5) is 4.39 Å². The molecule has 0 bridgehead atoms. The molecule has 0 aliphatic heterocycles. The van der Waals surface area contributed by atoms with E-state index in [1.54, 1.807) is 6.07 Å². The first-order valence-electron chi connectivity index (χ1n) is 5.55. The molecule has 86 valence electrons. The molecule has 1 aromatic carbocycles. The second-order valence-electron chi connectivity index (χ2n) is 4.47. The fourth-order valence-electron chi connectivity index (χ4n) is 2.07. The van der Waals surface area contributed by atoms with Crippen molar-refractivity contribution < 1.29 is 4.39 Å². The zero-order valence-corrected chi connectivity index (χ0v) is 9.70. The topological polar surface area (TPSA) is 30.9 Å². The molecule has 0 saturated carbocycles. The first-order chi connectivity index (χ1) is 7.61. The maximum Gasteiger partial charge on any atom is 0.123 e. The highest BCUT2D eigenvalue weighted by Gasteiger charge is 2.10. The molecule has 0 radical (unpaired) electrons. The molecule has 0 amide bonds. The molecule has 2 N–H and O–H groups in total. The zero-order valence-electron chi connectivity index (χ0n) is 9.70. The van der Waals surface area contributed by atoms with Gasteiger partial charge in [-0.3, -0.25) is 0 Å². The van der Waals surface area contributed by atoms with Crippen LogP contribution in [-0.2, 0) is 13.5 Å². The Morgan fingerprint density at radius 2 is 2.19 bits per heavy atom. The van der Waals surface area contributed by atoms with E-state index < -0.39 is 0 Å². The maximum atomic E-state index is 13.2. The molecule has 1 unspecified atom stereocenters. The minimum absolute atomic E-state index is 0.180. The number of nitrogens with two attached hydrogens (primary N) is 1. The molecule has 0 aliphatic carbocycles. The van der Waals surface area contributed by atoms with Gasteiger partial charge in [0.05, 0.1) is 0 Å². The summed E-state index contributed by atoms with van der Waals surface area (Å²) in [6.07, 6.45) is 2.97. The summed E-state index contributed by atoms with van der Waals surface area (Å²) in [6.45, 7) is 2.77. The molecule has 0 aliphatic rings. The average molecular weight is 220 g/mol. The molecule has 2 aromatic rings. The van der Waals surface area contributed by atoms with Crippen molar-refractivity contribution in [2.24, 2.45) is 18.7 Å². The van der Waals surface area contributed by atoms with Crippen molar-refractivity contribution in [1.82, 2.24) is 4.57 Å². The number of rotatable bonds is 3. The normalized spacial score (nSPS) is 13.2. The smallest absolute Gasteiger partial charge is 0.123 e. The molecule has 0 spiro atoms. The summed E-state index contributed by atoms with van der Waals surface area (Å²) in [5, 5.41) is 1.00. The van der Waals surface area contributed by atoms with Crippen LogP contribution >= 0.6 is 0 Å². The summed E-state index contributed by atoms with van der Waals surface area (Å²) in [4.78, 5) is 0.